The monoisotopic (exact) mass is 446 g/mol. The van der Waals surface area contributed by atoms with E-state index in [1.165, 1.54) is 24.3 Å². The average molecular weight is 447 g/mol. The van der Waals surface area contributed by atoms with Crippen molar-refractivity contribution in [3.05, 3.63) is 79.8 Å². The molecule has 9 heteroatoms. The molecule has 0 saturated carbocycles. The minimum absolute atomic E-state index is 0.122. The summed E-state index contributed by atoms with van der Waals surface area (Å²) in [5.74, 6) is -2.08. The van der Waals surface area contributed by atoms with Crippen LogP contribution in [0, 0.1) is 10.1 Å². The number of hydrogen-bond acceptors (Lipinski definition) is 6. The van der Waals surface area contributed by atoms with Crippen LogP contribution in [0.1, 0.15) is 17.2 Å². The average Bonchev–Trinajstić information content (AvgIpc) is 2.93. The number of hydrogen-bond donors (Lipinski definition) is 2. The highest BCUT2D eigenvalue weighted by molar-refractivity contribution is 9.10. The van der Waals surface area contributed by atoms with Gasteiger partial charge >= 0.3 is 0 Å². The zero-order valence-electron chi connectivity index (χ0n) is 14.4. The van der Waals surface area contributed by atoms with E-state index in [-0.39, 0.29) is 30.2 Å². The maximum Gasteiger partial charge on any atom is 0.295 e. The first-order chi connectivity index (χ1) is 13.3. The van der Waals surface area contributed by atoms with Gasteiger partial charge in [-0.05, 0) is 29.8 Å². The molecule has 0 bridgehead atoms. The number of rotatable bonds is 5. The van der Waals surface area contributed by atoms with Crippen LogP contribution in [0.25, 0.3) is 5.76 Å². The number of likely N-dealkylation sites (tertiary alicyclic amines) is 1. The van der Waals surface area contributed by atoms with Crippen molar-refractivity contribution in [2.45, 2.75) is 6.04 Å². The van der Waals surface area contributed by atoms with Crippen molar-refractivity contribution in [1.29, 1.82) is 0 Å². The van der Waals surface area contributed by atoms with Crippen molar-refractivity contribution in [2.75, 3.05) is 13.2 Å². The van der Waals surface area contributed by atoms with Crippen LogP contribution < -0.4 is 0 Å². The molecule has 8 nitrogen and oxygen atoms in total. The molecule has 1 aliphatic rings. The van der Waals surface area contributed by atoms with Gasteiger partial charge in [-0.2, -0.15) is 0 Å². The van der Waals surface area contributed by atoms with Crippen LogP contribution in [0.4, 0.5) is 5.69 Å². The zero-order valence-corrected chi connectivity index (χ0v) is 16.0. The standard InChI is InChI=1S/C19H15BrN2O6/c20-13-5-1-12(2-6-13)17(24)15-16(21(9-10-23)19(26)18(15)25)11-3-7-14(8-4-11)22(27)28/h1-8,16,23-24H,9-10H2/b17-15+. The van der Waals surface area contributed by atoms with Crippen LogP contribution in [0.3, 0.4) is 0 Å². The maximum absolute atomic E-state index is 12.6. The molecular weight excluding hydrogens is 432 g/mol. The molecule has 1 atom stereocenters. The Labute approximate surface area is 168 Å². The molecule has 0 spiro atoms. The Hall–Kier alpha value is -3.04. The molecule has 144 valence electrons. The molecule has 1 heterocycles. The third-order valence-corrected chi connectivity index (χ3v) is 4.95. The van der Waals surface area contributed by atoms with E-state index in [0.717, 1.165) is 9.37 Å². The van der Waals surface area contributed by atoms with Gasteiger partial charge in [0.1, 0.15) is 5.76 Å². The van der Waals surface area contributed by atoms with E-state index in [4.69, 9.17) is 0 Å². The Bertz CT molecular complexity index is 969. The van der Waals surface area contributed by atoms with Crippen LogP contribution in [0.2, 0.25) is 0 Å². The highest BCUT2D eigenvalue weighted by Gasteiger charge is 2.45. The molecule has 1 aliphatic heterocycles. The summed E-state index contributed by atoms with van der Waals surface area (Å²) in [6.07, 6.45) is 0. The molecular formula is C19H15BrN2O6. The fraction of sp³-hybridized carbons (Fsp3) is 0.158. The number of nitrogens with zero attached hydrogens (tertiary/aromatic N) is 2. The third-order valence-electron chi connectivity index (χ3n) is 4.42. The van der Waals surface area contributed by atoms with Crippen molar-refractivity contribution in [1.82, 2.24) is 4.90 Å². The van der Waals surface area contributed by atoms with Gasteiger partial charge in [0, 0.05) is 28.7 Å². The van der Waals surface area contributed by atoms with Gasteiger partial charge < -0.3 is 15.1 Å². The minimum atomic E-state index is -0.961. The largest absolute Gasteiger partial charge is 0.507 e. The normalized spacial score (nSPS) is 18.5. The van der Waals surface area contributed by atoms with E-state index in [2.05, 4.69) is 15.9 Å². The van der Waals surface area contributed by atoms with Gasteiger partial charge in [0.05, 0.1) is 23.1 Å². The second kappa shape index (κ2) is 7.91. The third kappa shape index (κ3) is 3.54. The lowest BCUT2D eigenvalue weighted by Gasteiger charge is -2.24. The number of aliphatic hydroxyl groups is 2. The lowest BCUT2D eigenvalue weighted by atomic mass is 9.95. The van der Waals surface area contributed by atoms with Gasteiger partial charge in [0.15, 0.2) is 0 Å². The van der Waals surface area contributed by atoms with Crippen LogP contribution >= 0.6 is 15.9 Å². The summed E-state index contributed by atoms with van der Waals surface area (Å²) in [7, 11) is 0. The second-order valence-corrected chi connectivity index (χ2v) is 6.99. The summed E-state index contributed by atoms with van der Waals surface area (Å²) in [5, 5.41) is 31.0. The number of non-ortho nitro benzene ring substituents is 1. The van der Waals surface area contributed by atoms with Crippen molar-refractivity contribution in [3.63, 3.8) is 0 Å². The van der Waals surface area contributed by atoms with Crippen LogP contribution in [-0.2, 0) is 9.59 Å². The Morgan fingerprint density at radius 3 is 2.25 bits per heavy atom. The van der Waals surface area contributed by atoms with Crippen molar-refractivity contribution >= 4 is 39.1 Å². The first kappa shape index (κ1) is 19.7. The van der Waals surface area contributed by atoms with Gasteiger partial charge in [-0.1, -0.05) is 28.1 Å². The van der Waals surface area contributed by atoms with E-state index in [1.54, 1.807) is 24.3 Å². The maximum atomic E-state index is 12.6. The number of benzene rings is 2. The highest BCUT2D eigenvalue weighted by atomic mass is 79.9. The number of carbonyl (C=O) groups is 2. The number of Topliss-reactive ketones (excluding diaryl/α,β-unsaturated/α-hetero) is 1. The lowest BCUT2D eigenvalue weighted by molar-refractivity contribution is -0.384. The Kier molecular flexibility index (Phi) is 5.57. The highest BCUT2D eigenvalue weighted by Crippen LogP contribution is 2.39. The molecule has 1 amide bonds. The van der Waals surface area contributed by atoms with Crippen LogP contribution in [0.5, 0.6) is 0 Å². The van der Waals surface area contributed by atoms with Crippen molar-refractivity contribution < 1.29 is 24.7 Å². The number of nitro groups is 1. The van der Waals surface area contributed by atoms with Crippen LogP contribution in [-0.4, -0.2) is 44.9 Å². The molecule has 2 aromatic carbocycles. The summed E-state index contributed by atoms with van der Waals surface area (Å²) in [6.45, 7) is -0.502. The van der Waals surface area contributed by atoms with Gasteiger partial charge in [-0.15, -0.1) is 0 Å². The molecule has 1 saturated heterocycles. The van der Waals surface area contributed by atoms with Gasteiger partial charge in [-0.3, -0.25) is 19.7 Å². The van der Waals surface area contributed by atoms with E-state index in [1.807, 2.05) is 0 Å². The fourth-order valence-electron chi connectivity index (χ4n) is 3.11. The summed E-state index contributed by atoms with van der Waals surface area (Å²) < 4.78 is 0.775. The van der Waals surface area contributed by atoms with E-state index < -0.39 is 22.7 Å². The number of ketones is 1. The minimum Gasteiger partial charge on any atom is -0.507 e. The zero-order chi connectivity index (χ0) is 20.4. The number of carbonyl (C=O) groups excluding carboxylic acids is 2. The predicted octanol–water partition coefficient (Wildman–Crippen LogP) is 2.77. The molecule has 1 fully saturated rings. The van der Waals surface area contributed by atoms with Crippen molar-refractivity contribution in [3.8, 4) is 0 Å². The molecule has 3 rings (SSSR count). The summed E-state index contributed by atoms with van der Waals surface area (Å²) in [4.78, 5) is 36.6. The number of amides is 1. The second-order valence-electron chi connectivity index (χ2n) is 6.07. The topological polar surface area (TPSA) is 121 Å². The molecule has 0 aliphatic carbocycles. The smallest absolute Gasteiger partial charge is 0.295 e. The predicted molar refractivity (Wildman–Crippen MR) is 103 cm³/mol. The summed E-state index contributed by atoms with van der Waals surface area (Å²) in [6, 6.07) is 10.9. The fourth-order valence-corrected chi connectivity index (χ4v) is 3.37. The number of halogens is 1. The first-order valence-corrected chi connectivity index (χ1v) is 9.04. The molecule has 28 heavy (non-hydrogen) atoms. The van der Waals surface area contributed by atoms with Crippen LogP contribution in [0.15, 0.2) is 58.6 Å². The quantitative estimate of drug-likeness (QED) is 0.239. The molecule has 1 unspecified atom stereocenters. The SMILES string of the molecule is O=C1C(=O)N(CCO)C(c2ccc([N+](=O)[O-])cc2)/C1=C(\O)c1ccc(Br)cc1. The molecule has 0 aromatic heterocycles. The summed E-state index contributed by atoms with van der Waals surface area (Å²) in [5.41, 5.74) is 0.486. The Morgan fingerprint density at radius 1 is 1.11 bits per heavy atom. The lowest BCUT2D eigenvalue weighted by Crippen LogP contribution is -2.32. The first-order valence-electron chi connectivity index (χ1n) is 8.24. The number of β-amino-alcohol motifs (C(OH)–C–C–N with tert-alkyl or cyclic N) is 1. The Balaban J connectivity index is 2.15. The molecule has 2 N–H and O–H groups in total. The Morgan fingerprint density at radius 2 is 1.71 bits per heavy atom. The summed E-state index contributed by atoms with van der Waals surface area (Å²) >= 11 is 3.29. The van der Waals surface area contributed by atoms with E-state index in [9.17, 15) is 29.9 Å². The number of nitro benzene ring substituents is 1. The van der Waals surface area contributed by atoms with Gasteiger partial charge in [0.2, 0.25) is 0 Å². The van der Waals surface area contributed by atoms with Gasteiger partial charge in [-0.25, -0.2) is 0 Å². The molecule has 0 radical (unpaired) electrons. The molecule has 2 aromatic rings. The van der Waals surface area contributed by atoms with Gasteiger partial charge in [0.25, 0.3) is 17.4 Å². The van der Waals surface area contributed by atoms with Crippen molar-refractivity contribution in [2.24, 2.45) is 0 Å². The van der Waals surface area contributed by atoms with E-state index in [0.29, 0.717) is 11.1 Å². The van der Waals surface area contributed by atoms with E-state index >= 15 is 0 Å². The number of aliphatic hydroxyl groups excluding tert-OH is 2.